The Morgan fingerprint density at radius 3 is 2.75 bits per heavy atom. The molecule has 0 aliphatic rings. The third kappa shape index (κ3) is 1.56. The Hall–Kier alpha value is -1.09. The zero-order chi connectivity index (χ0) is 8.39. The van der Waals surface area contributed by atoms with Gasteiger partial charge in [0.2, 0.25) is 0 Å². The molecule has 2 heterocycles. The summed E-state index contributed by atoms with van der Waals surface area (Å²) in [6.45, 7) is 2.92. The minimum absolute atomic E-state index is 0.886. The molecule has 0 N–H and O–H groups in total. The number of hydrogen-bond acceptors (Lipinski definition) is 2. The van der Waals surface area contributed by atoms with E-state index in [2.05, 4.69) is 27.3 Å². The second-order valence-electron chi connectivity index (χ2n) is 2.71. The van der Waals surface area contributed by atoms with Gasteiger partial charge in [-0.3, -0.25) is 0 Å². The first-order valence-corrected chi connectivity index (χ1v) is 4.74. The summed E-state index contributed by atoms with van der Waals surface area (Å²) < 4.78 is 2.12. The molecule has 2 aromatic heterocycles. The van der Waals surface area contributed by atoms with Crippen LogP contribution in [0.3, 0.4) is 0 Å². The summed E-state index contributed by atoms with van der Waals surface area (Å²) in [5.74, 6) is 0. The van der Waals surface area contributed by atoms with Crippen molar-refractivity contribution in [2.45, 2.75) is 13.5 Å². The smallest absolute Gasteiger partial charge is 0.0898 e. The summed E-state index contributed by atoms with van der Waals surface area (Å²) in [5, 5.41) is 3.24. The van der Waals surface area contributed by atoms with Crippen molar-refractivity contribution < 1.29 is 0 Å². The van der Waals surface area contributed by atoms with Crippen LogP contribution in [0.4, 0.5) is 0 Å². The molecule has 12 heavy (non-hydrogen) atoms. The average molecular weight is 178 g/mol. The Kier molecular flexibility index (Phi) is 1.96. The number of aromatic nitrogens is 2. The molecule has 0 saturated carbocycles. The van der Waals surface area contributed by atoms with Gasteiger partial charge in [-0.25, -0.2) is 4.98 Å². The maximum atomic E-state index is 4.38. The van der Waals surface area contributed by atoms with Crippen molar-refractivity contribution in [3.05, 3.63) is 40.6 Å². The molecule has 0 saturated heterocycles. The van der Waals surface area contributed by atoms with Gasteiger partial charge in [-0.05, 0) is 19.1 Å². The van der Waals surface area contributed by atoms with Gasteiger partial charge in [-0.2, -0.15) is 0 Å². The molecule has 0 radical (unpaired) electrons. The van der Waals surface area contributed by atoms with E-state index in [0.29, 0.717) is 0 Å². The normalized spacial score (nSPS) is 10.4. The minimum atomic E-state index is 0.886. The van der Waals surface area contributed by atoms with Gasteiger partial charge in [-0.1, -0.05) is 0 Å². The molecule has 0 spiro atoms. The third-order valence-corrected chi connectivity index (χ3v) is 2.50. The van der Waals surface area contributed by atoms with Gasteiger partial charge < -0.3 is 4.57 Å². The molecule has 3 heteroatoms. The molecular weight excluding hydrogens is 168 g/mol. The van der Waals surface area contributed by atoms with E-state index >= 15 is 0 Å². The van der Waals surface area contributed by atoms with Crippen LogP contribution in [0, 0.1) is 6.92 Å². The first-order valence-electron chi connectivity index (χ1n) is 3.86. The number of thiazole rings is 1. The summed E-state index contributed by atoms with van der Waals surface area (Å²) >= 11 is 1.70. The Morgan fingerprint density at radius 1 is 1.42 bits per heavy atom. The van der Waals surface area contributed by atoms with E-state index in [1.165, 1.54) is 0 Å². The van der Waals surface area contributed by atoms with Crippen LogP contribution in [0.1, 0.15) is 10.7 Å². The maximum Gasteiger partial charge on any atom is 0.0898 e. The molecule has 2 nitrogen and oxygen atoms in total. The first-order chi connectivity index (χ1) is 5.84. The van der Waals surface area contributed by atoms with Gasteiger partial charge >= 0.3 is 0 Å². The zero-order valence-electron chi connectivity index (χ0n) is 6.90. The predicted octanol–water partition coefficient (Wildman–Crippen LogP) is 2.30. The minimum Gasteiger partial charge on any atom is -0.348 e. The monoisotopic (exact) mass is 178 g/mol. The van der Waals surface area contributed by atoms with Crippen LogP contribution < -0.4 is 0 Å². The predicted molar refractivity (Wildman–Crippen MR) is 50.4 cm³/mol. The largest absolute Gasteiger partial charge is 0.348 e. The second-order valence-corrected chi connectivity index (χ2v) is 3.78. The molecule has 0 unspecified atom stereocenters. The molecule has 0 aliphatic carbocycles. The summed E-state index contributed by atoms with van der Waals surface area (Å²) in [4.78, 5) is 4.38. The van der Waals surface area contributed by atoms with Gasteiger partial charge in [0.15, 0.2) is 0 Å². The fourth-order valence-corrected chi connectivity index (χ4v) is 1.75. The van der Waals surface area contributed by atoms with Crippen molar-refractivity contribution in [1.82, 2.24) is 9.55 Å². The molecule has 2 rings (SSSR count). The van der Waals surface area contributed by atoms with Gasteiger partial charge in [0.25, 0.3) is 0 Å². The highest BCUT2D eigenvalue weighted by Crippen LogP contribution is 2.09. The highest BCUT2D eigenvalue weighted by molar-refractivity contribution is 7.09. The maximum absolute atomic E-state index is 4.38. The summed E-state index contributed by atoms with van der Waals surface area (Å²) in [5.41, 5.74) is 1.15. The SMILES string of the molecule is Cc1nc(Cn2cccc2)cs1. The fourth-order valence-electron chi connectivity index (χ4n) is 1.14. The lowest BCUT2D eigenvalue weighted by Gasteiger charge is -1.96. The molecule has 0 aromatic carbocycles. The lowest BCUT2D eigenvalue weighted by Crippen LogP contribution is -1.95. The topological polar surface area (TPSA) is 17.8 Å². The van der Waals surface area contributed by atoms with Crippen molar-refractivity contribution in [1.29, 1.82) is 0 Å². The van der Waals surface area contributed by atoms with Crippen molar-refractivity contribution in [3.8, 4) is 0 Å². The molecule has 0 bridgehead atoms. The molecule has 0 atom stereocenters. The number of nitrogens with zero attached hydrogens (tertiary/aromatic N) is 2. The van der Waals surface area contributed by atoms with E-state index in [1.54, 1.807) is 11.3 Å². The van der Waals surface area contributed by atoms with E-state index in [9.17, 15) is 0 Å². The van der Waals surface area contributed by atoms with E-state index in [1.807, 2.05) is 19.1 Å². The third-order valence-electron chi connectivity index (χ3n) is 1.68. The highest BCUT2D eigenvalue weighted by Gasteiger charge is 1.97. The lowest BCUT2D eigenvalue weighted by molar-refractivity contribution is 0.784. The Balaban J connectivity index is 2.14. The number of aryl methyl sites for hydroxylation is 1. The van der Waals surface area contributed by atoms with Crippen LogP contribution in [0.5, 0.6) is 0 Å². The highest BCUT2D eigenvalue weighted by atomic mass is 32.1. The van der Waals surface area contributed by atoms with Gasteiger partial charge in [0, 0.05) is 17.8 Å². The van der Waals surface area contributed by atoms with Gasteiger partial charge in [0.05, 0.1) is 17.2 Å². The first kappa shape index (κ1) is 7.55. The second kappa shape index (κ2) is 3.11. The van der Waals surface area contributed by atoms with Crippen LogP contribution in [0.15, 0.2) is 29.9 Å². The van der Waals surface area contributed by atoms with Gasteiger partial charge in [0.1, 0.15) is 0 Å². The Morgan fingerprint density at radius 2 is 2.17 bits per heavy atom. The molecule has 62 valence electrons. The fraction of sp³-hybridized carbons (Fsp3) is 0.222. The van der Waals surface area contributed by atoms with Crippen LogP contribution in [-0.2, 0) is 6.54 Å². The molecule has 0 aliphatic heterocycles. The summed E-state index contributed by atoms with van der Waals surface area (Å²) in [6.07, 6.45) is 4.10. The Labute approximate surface area is 75.5 Å². The number of rotatable bonds is 2. The van der Waals surface area contributed by atoms with Crippen LogP contribution in [-0.4, -0.2) is 9.55 Å². The van der Waals surface area contributed by atoms with Gasteiger partial charge in [-0.15, -0.1) is 11.3 Å². The lowest BCUT2D eigenvalue weighted by atomic mass is 10.5. The van der Waals surface area contributed by atoms with Crippen LogP contribution in [0.2, 0.25) is 0 Å². The quantitative estimate of drug-likeness (QED) is 0.690. The van der Waals surface area contributed by atoms with E-state index in [-0.39, 0.29) is 0 Å². The van der Waals surface area contributed by atoms with E-state index in [0.717, 1.165) is 17.2 Å². The van der Waals surface area contributed by atoms with Crippen LogP contribution >= 0.6 is 11.3 Å². The van der Waals surface area contributed by atoms with Crippen molar-refractivity contribution in [2.24, 2.45) is 0 Å². The average Bonchev–Trinajstić information content (AvgIpc) is 2.63. The van der Waals surface area contributed by atoms with Crippen LogP contribution in [0.25, 0.3) is 0 Å². The van der Waals surface area contributed by atoms with Crippen molar-refractivity contribution in [2.75, 3.05) is 0 Å². The number of hydrogen-bond donors (Lipinski definition) is 0. The van der Waals surface area contributed by atoms with E-state index < -0.39 is 0 Å². The zero-order valence-corrected chi connectivity index (χ0v) is 7.71. The molecule has 0 fully saturated rings. The van der Waals surface area contributed by atoms with Crippen molar-refractivity contribution >= 4 is 11.3 Å². The summed E-state index contributed by atoms with van der Waals surface area (Å²) in [6, 6.07) is 4.05. The molecule has 0 amide bonds. The standard InChI is InChI=1S/C9H10N2S/c1-8-10-9(7-12-8)6-11-4-2-3-5-11/h2-5,7H,6H2,1H3. The van der Waals surface area contributed by atoms with E-state index in [4.69, 9.17) is 0 Å². The molecular formula is C9H10N2S. The Bertz CT molecular complexity index is 348. The summed E-state index contributed by atoms with van der Waals surface area (Å²) in [7, 11) is 0. The van der Waals surface area contributed by atoms with Crippen molar-refractivity contribution in [3.63, 3.8) is 0 Å². The molecule has 2 aromatic rings.